The quantitative estimate of drug-likeness (QED) is 0.694. The van der Waals surface area contributed by atoms with Gasteiger partial charge in [0.15, 0.2) is 5.41 Å². The monoisotopic (exact) mass is 240 g/mol. The maximum atomic E-state index is 11.9. The smallest absolute Gasteiger partial charge is 0.332 e. The number of nitriles is 1. The van der Waals surface area contributed by atoms with Gasteiger partial charge in [-0.05, 0) is 32.9 Å². The van der Waals surface area contributed by atoms with Gasteiger partial charge in [0.2, 0.25) is 0 Å². The molecule has 0 aromatic rings. The highest BCUT2D eigenvalue weighted by Crippen LogP contribution is 2.31. The highest BCUT2D eigenvalue weighted by molar-refractivity contribution is 6.68. The molecule has 0 saturated carbocycles. The third kappa shape index (κ3) is 2.25. The molecule has 1 rings (SSSR count). The molecule has 2 atom stereocenters. The van der Waals surface area contributed by atoms with E-state index >= 15 is 0 Å². The van der Waals surface area contributed by atoms with Gasteiger partial charge in [-0.1, -0.05) is 11.6 Å². The minimum atomic E-state index is -1.36. The highest BCUT2D eigenvalue weighted by atomic mass is 35.5. The van der Waals surface area contributed by atoms with Crippen molar-refractivity contribution in [1.29, 1.82) is 5.26 Å². The fourth-order valence-corrected chi connectivity index (χ4v) is 1.61. The Labute approximate surface area is 99.6 Å². The maximum absolute atomic E-state index is 11.9. The molecule has 1 heterocycles. The Kier molecular flexibility index (Phi) is 3.71. The van der Waals surface area contributed by atoms with Crippen molar-refractivity contribution < 1.29 is 9.53 Å². The molecule has 86 valence electrons. The Morgan fingerprint density at radius 2 is 2.38 bits per heavy atom. The van der Waals surface area contributed by atoms with Crippen LogP contribution in [0.4, 0.5) is 0 Å². The zero-order valence-corrected chi connectivity index (χ0v) is 10.2. The van der Waals surface area contributed by atoms with E-state index in [1.54, 1.807) is 20.8 Å². The van der Waals surface area contributed by atoms with Gasteiger partial charge in [-0.3, -0.25) is 4.99 Å². The van der Waals surface area contributed by atoms with Crippen LogP contribution in [0, 0.1) is 16.7 Å². The van der Waals surface area contributed by atoms with Gasteiger partial charge < -0.3 is 4.74 Å². The van der Waals surface area contributed by atoms with E-state index in [-0.39, 0.29) is 11.3 Å². The van der Waals surface area contributed by atoms with E-state index in [0.717, 1.165) is 0 Å². The topological polar surface area (TPSA) is 62.5 Å². The standard InChI is InChI=1S/C11H13ClN2O2/c1-7(2)16-10(15)11(6-13)5-4-9(12)14-8(11)3/h4-5,7-8H,1-3H3. The van der Waals surface area contributed by atoms with Gasteiger partial charge in [-0.25, -0.2) is 4.79 Å². The molecular formula is C11H13ClN2O2. The SMILES string of the molecule is CC(C)OC(=O)C1(C#N)C=CC(Cl)=NC1C. The van der Waals surface area contributed by atoms with Crippen molar-refractivity contribution >= 4 is 22.7 Å². The Bertz CT molecular complexity index is 395. The summed E-state index contributed by atoms with van der Waals surface area (Å²) >= 11 is 5.71. The number of carbonyl (C=O) groups excluding carboxylic acids is 1. The number of hydrogen-bond donors (Lipinski definition) is 0. The van der Waals surface area contributed by atoms with Gasteiger partial charge in [0.25, 0.3) is 0 Å². The van der Waals surface area contributed by atoms with Crippen LogP contribution < -0.4 is 0 Å². The number of halogens is 1. The first-order valence-corrected chi connectivity index (χ1v) is 5.35. The summed E-state index contributed by atoms with van der Waals surface area (Å²) in [5.41, 5.74) is -1.36. The van der Waals surface area contributed by atoms with E-state index in [1.807, 2.05) is 6.07 Å². The van der Waals surface area contributed by atoms with Gasteiger partial charge in [0.1, 0.15) is 5.17 Å². The Morgan fingerprint density at radius 3 is 2.81 bits per heavy atom. The van der Waals surface area contributed by atoms with Crippen molar-refractivity contribution in [3.63, 3.8) is 0 Å². The molecule has 0 N–H and O–H groups in total. The number of esters is 1. The molecule has 1 aliphatic rings. The van der Waals surface area contributed by atoms with E-state index in [4.69, 9.17) is 21.6 Å². The number of dihydropyridines is 1. The third-order valence-corrected chi connectivity index (χ3v) is 2.55. The van der Waals surface area contributed by atoms with Crippen LogP contribution >= 0.6 is 11.6 Å². The lowest BCUT2D eigenvalue weighted by molar-refractivity contribution is -0.154. The first-order valence-electron chi connectivity index (χ1n) is 4.97. The Balaban J connectivity index is 3.02. The normalized spacial score (nSPS) is 28.5. The molecule has 0 aliphatic carbocycles. The zero-order valence-electron chi connectivity index (χ0n) is 9.40. The average molecular weight is 241 g/mol. The fraction of sp³-hybridized carbons (Fsp3) is 0.545. The fourth-order valence-electron chi connectivity index (χ4n) is 1.40. The van der Waals surface area contributed by atoms with Crippen molar-refractivity contribution in [3.05, 3.63) is 12.2 Å². The molecular weight excluding hydrogens is 228 g/mol. The summed E-state index contributed by atoms with van der Waals surface area (Å²) in [7, 11) is 0. The molecule has 0 saturated heterocycles. The van der Waals surface area contributed by atoms with Crippen LogP contribution in [0.2, 0.25) is 0 Å². The summed E-state index contributed by atoms with van der Waals surface area (Å²) < 4.78 is 5.06. The van der Waals surface area contributed by atoms with E-state index in [9.17, 15) is 4.79 Å². The molecule has 0 amide bonds. The minimum absolute atomic E-state index is 0.264. The molecule has 1 aliphatic heterocycles. The Hall–Kier alpha value is -1.34. The van der Waals surface area contributed by atoms with E-state index < -0.39 is 17.4 Å². The molecule has 0 fully saturated rings. The lowest BCUT2D eigenvalue weighted by atomic mass is 9.81. The second-order valence-electron chi connectivity index (χ2n) is 3.90. The Morgan fingerprint density at radius 1 is 1.75 bits per heavy atom. The van der Waals surface area contributed by atoms with Crippen molar-refractivity contribution in [3.8, 4) is 6.07 Å². The number of carbonyl (C=O) groups is 1. The molecule has 0 radical (unpaired) electrons. The molecule has 2 unspecified atom stereocenters. The van der Waals surface area contributed by atoms with Crippen LogP contribution in [0.3, 0.4) is 0 Å². The lowest BCUT2D eigenvalue weighted by Gasteiger charge is -2.28. The van der Waals surface area contributed by atoms with Crippen LogP contribution in [0.1, 0.15) is 20.8 Å². The molecule has 0 aromatic carbocycles. The summed E-state index contributed by atoms with van der Waals surface area (Å²) in [6.45, 7) is 5.13. The summed E-state index contributed by atoms with van der Waals surface area (Å²) in [6, 6.07) is 1.43. The van der Waals surface area contributed by atoms with Gasteiger partial charge in [0, 0.05) is 0 Å². The number of ether oxygens (including phenoxy) is 1. The van der Waals surface area contributed by atoms with E-state index in [1.165, 1.54) is 12.2 Å². The molecule has 0 spiro atoms. The first kappa shape index (κ1) is 12.7. The van der Waals surface area contributed by atoms with Crippen LogP contribution in [0.25, 0.3) is 0 Å². The average Bonchev–Trinajstić information content (AvgIpc) is 2.17. The third-order valence-electron chi connectivity index (χ3n) is 2.33. The van der Waals surface area contributed by atoms with Gasteiger partial charge in [0.05, 0.1) is 18.2 Å². The highest BCUT2D eigenvalue weighted by Gasteiger charge is 2.45. The molecule has 0 bridgehead atoms. The molecule has 0 aromatic heterocycles. The second-order valence-corrected chi connectivity index (χ2v) is 4.28. The van der Waals surface area contributed by atoms with Crippen LogP contribution in [-0.2, 0) is 9.53 Å². The number of aliphatic imine (C=N–C) groups is 1. The van der Waals surface area contributed by atoms with Crippen LogP contribution in [-0.4, -0.2) is 23.3 Å². The van der Waals surface area contributed by atoms with Crippen molar-refractivity contribution in [2.45, 2.75) is 32.9 Å². The van der Waals surface area contributed by atoms with E-state index in [0.29, 0.717) is 0 Å². The second kappa shape index (κ2) is 4.67. The van der Waals surface area contributed by atoms with Crippen molar-refractivity contribution in [2.75, 3.05) is 0 Å². The summed E-state index contributed by atoms with van der Waals surface area (Å²) in [4.78, 5) is 15.9. The summed E-state index contributed by atoms with van der Waals surface area (Å²) in [5.74, 6) is -0.582. The number of nitrogens with zero attached hydrogens (tertiary/aromatic N) is 2. The zero-order chi connectivity index (χ0) is 12.3. The molecule has 16 heavy (non-hydrogen) atoms. The number of hydrogen-bond acceptors (Lipinski definition) is 4. The predicted molar refractivity (Wildman–Crippen MR) is 61.2 cm³/mol. The molecule has 4 nitrogen and oxygen atoms in total. The van der Waals surface area contributed by atoms with Crippen LogP contribution in [0.5, 0.6) is 0 Å². The first-order chi connectivity index (χ1) is 7.42. The predicted octanol–water partition coefficient (Wildman–Crippen LogP) is 2.04. The maximum Gasteiger partial charge on any atom is 0.332 e. The summed E-state index contributed by atoms with van der Waals surface area (Å²) in [5, 5.41) is 9.45. The number of allylic oxidation sites excluding steroid dienone is 1. The van der Waals surface area contributed by atoms with Gasteiger partial charge >= 0.3 is 5.97 Å². The van der Waals surface area contributed by atoms with Gasteiger partial charge in [-0.2, -0.15) is 5.26 Å². The molecule has 5 heteroatoms. The lowest BCUT2D eigenvalue weighted by Crippen LogP contribution is -2.41. The van der Waals surface area contributed by atoms with Crippen LogP contribution in [0.15, 0.2) is 17.1 Å². The number of rotatable bonds is 2. The minimum Gasteiger partial charge on any atom is -0.461 e. The van der Waals surface area contributed by atoms with Crippen molar-refractivity contribution in [2.24, 2.45) is 10.4 Å². The van der Waals surface area contributed by atoms with Crippen molar-refractivity contribution in [1.82, 2.24) is 0 Å². The van der Waals surface area contributed by atoms with E-state index in [2.05, 4.69) is 4.99 Å². The largest absolute Gasteiger partial charge is 0.461 e. The van der Waals surface area contributed by atoms with Gasteiger partial charge in [-0.15, -0.1) is 0 Å². The summed E-state index contributed by atoms with van der Waals surface area (Å²) in [6.07, 6.45) is 2.64.